The number of carbonyl (C=O) groups excluding carboxylic acids is 1. The number of nitrogens with zero attached hydrogens (tertiary/aromatic N) is 2. The molecule has 0 spiro atoms. The summed E-state index contributed by atoms with van der Waals surface area (Å²) in [6.07, 6.45) is 0. The van der Waals surface area contributed by atoms with Crippen molar-refractivity contribution in [3.05, 3.63) is 29.3 Å². The summed E-state index contributed by atoms with van der Waals surface area (Å²) in [6, 6.07) is 3.34. The summed E-state index contributed by atoms with van der Waals surface area (Å²) in [5.41, 5.74) is 0.680. The van der Waals surface area contributed by atoms with Crippen molar-refractivity contribution in [1.29, 1.82) is 0 Å². The molecule has 9 heteroatoms. The quantitative estimate of drug-likeness (QED) is 0.783. The largest absolute Gasteiger partial charge is 0.480 e. The summed E-state index contributed by atoms with van der Waals surface area (Å²) in [7, 11) is -3.73. The number of hydrogen-bond donors (Lipinski definition) is 1. The normalized spacial score (nSPS) is 18.2. The zero-order chi connectivity index (χ0) is 19.5. The van der Waals surface area contributed by atoms with Crippen LogP contribution in [0.25, 0.3) is 0 Å². The molecule has 0 radical (unpaired) electrons. The number of aryl methyl sites for hydroxylation is 1. The van der Waals surface area contributed by atoms with Gasteiger partial charge < -0.3 is 14.7 Å². The molecule has 1 aliphatic heterocycles. The van der Waals surface area contributed by atoms with Crippen LogP contribution in [0.15, 0.2) is 23.1 Å². The molecule has 2 rings (SSSR count). The highest BCUT2D eigenvalue weighted by Gasteiger charge is 2.34. The van der Waals surface area contributed by atoms with Crippen LogP contribution in [0.4, 0.5) is 0 Å². The van der Waals surface area contributed by atoms with E-state index in [0.717, 1.165) is 0 Å². The highest BCUT2D eigenvalue weighted by Crippen LogP contribution is 2.23. The van der Waals surface area contributed by atoms with Crippen LogP contribution in [0, 0.1) is 6.92 Å². The highest BCUT2D eigenvalue weighted by molar-refractivity contribution is 7.89. The Hall–Kier alpha value is -1.97. The maximum Gasteiger partial charge on any atom is 0.328 e. The Labute approximate surface area is 153 Å². The van der Waals surface area contributed by atoms with Gasteiger partial charge in [0.05, 0.1) is 18.1 Å². The second-order valence-corrected chi connectivity index (χ2v) is 7.90. The first-order valence-corrected chi connectivity index (χ1v) is 9.90. The van der Waals surface area contributed by atoms with Gasteiger partial charge >= 0.3 is 5.97 Å². The molecule has 1 unspecified atom stereocenters. The lowest BCUT2D eigenvalue weighted by atomic mass is 10.1. The molecular formula is C17H24N2O6S. The molecule has 0 aromatic heterocycles. The molecule has 1 aromatic rings. The zero-order valence-corrected chi connectivity index (χ0v) is 16.0. The van der Waals surface area contributed by atoms with Crippen LogP contribution in [0.1, 0.15) is 29.8 Å². The van der Waals surface area contributed by atoms with Gasteiger partial charge in [-0.3, -0.25) is 4.79 Å². The predicted molar refractivity (Wildman–Crippen MR) is 94.6 cm³/mol. The molecular weight excluding hydrogens is 360 g/mol. The Bertz CT molecular complexity index is 788. The van der Waals surface area contributed by atoms with Gasteiger partial charge in [-0.05, 0) is 24.6 Å². The molecule has 1 amide bonds. The van der Waals surface area contributed by atoms with Crippen LogP contribution in [-0.4, -0.2) is 73.5 Å². The minimum absolute atomic E-state index is 0.0622. The number of carbonyl (C=O) groups is 2. The lowest BCUT2D eigenvalue weighted by Crippen LogP contribution is -2.52. The monoisotopic (exact) mass is 384 g/mol. The number of hydrogen-bond acceptors (Lipinski definition) is 5. The third-order valence-electron chi connectivity index (χ3n) is 4.43. The first-order valence-electron chi connectivity index (χ1n) is 8.46. The highest BCUT2D eigenvalue weighted by atomic mass is 32.2. The topological polar surface area (TPSA) is 104 Å². The summed E-state index contributed by atoms with van der Waals surface area (Å²) < 4.78 is 32.1. The SMILES string of the molecule is CCN(CC)S(=O)(=O)c1cc(C(=O)N2CCOCC2C(=O)O)ccc1C. The van der Waals surface area contributed by atoms with Crippen molar-refractivity contribution < 1.29 is 27.9 Å². The van der Waals surface area contributed by atoms with Gasteiger partial charge in [0, 0.05) is 25.2 Å². The van der Waals surface area contributed by atoms with Gasteiger partial charge in [0.1, 0.15) is 0 Å². The average molecular weight is 384 g/mol. The van der Waals surface area contributed by atoms with E-state index in [1.807, 2.05) is 0 Å². The van der Waals surface area contributed by atoms with Gasteiger partial charge in [0.15, 0.2) is 6.04 Å². The molecule has 1 aromatic carbocycles. The van der Waals surface area contributed by atoms with Gasteiger partial charge in [0.25, 0.3) is 5.91 Å². The fourth-order valence-electron chi connectivity index (χ4n) is 2.93. The van der Waals surface area contributed by atoms with Gasteiger partial charge in [-0.25, -0.2) is 13.2 Å². The number of aliphatic carboxylic acids is 1. The second-order valence-electron chi connectivity index (χ2n) is 6.00. The third-order valence-corrected chi connectivity index (χ3v) is 6.62. The molecule has 26 heavy (non-hydrogen) atoms. The lowest BCUT2D eigenvalue weighted by molar-refractivity contribution is -0.147. The molecule has 0 bridgehead atoms. The minimum Gasteiger partial charge on any atom is -0.480 e. The van der Waals surface area contributed by atoms with Crippen molar-refractivity contribution in [2.24, 2.45) is 0 Å². The molecule has 0 saturated carbocycles. The van der Waals surface area contributed by atoms with Crippen molar-refractivity contribution in [2.45, 2.75) is 31.7 Å². The fraction of sp³-hybridized carbons (Fsp3) is 0.529. The number of sulfonamides is 1. The lowest BCUT2D eigenvalue weighted by Gasteiger charge is -2.33. The Morgan fingerprint density at radius 2 is 1.96 bits per heavy atom. The summed E-state index contributed by atoms with van der Waals surface area (Å²) in [6.45, 7) is 6.10. The minimum atomic E-state index is -3.73. The first-order chi connectivity index (χ1) is 12.2. The van der Waals surface area contributed by atoms with E-state index in [2.05, 4.69) is 0 Å². The van der Waals surface area contributed by atoms with E-state index in [4.69, 9.17) is 4.74 Å². The van der Waals surface area contributed by atoms with Crippen molar-refractivity contribution in [1.82, 2.24) is 9.21 Å². The standard InChI is InChI=1S/C17H24N2O6S/c1-4-18(5-2)26(23,24)15-10-13(7-6-12(15)3)16(20)19-8-9-25-11-14(19)17(21)22/h6-7,10,14H,4-5,8-9,11H2,1-3H3,(H,21,22). The van der Waals surface area contributed by atoms with Crippen molar-refractivity contribution in [2.75, 3.05) is 32.8 Å². The van der Waals surface area contributed by atoms with E-state index in [1.54, 1.807) is 26.8 Å². The molecule has 0 aliphatic carbocycles. The first kappa shape index (κ1) is 20.3. The van der Waals surface area contributed by atoms with Crippen LogP contribution in [0.3, 0.4) is 0 Å². The molecule has 1 fully saturated rings. The maximum absolute atomic E-state index is 12.8. The second kappa shape index (κ2) is 8.15. The van der Waals surface area contributed by atoms with Gasteiger partial charge in [0.2, 0.25) is 10.0 Å². The summed E-state index contributed by atoms with van der Waals surface area (Å²) >= 11 is 0. The summed E-state index contributed by atoms with van der Waals surface area (Å²) in [5.74, 6) is -1.67. The summed E-state index contributed by atoms with van der Waals surface area (Å²) in [5, 5.41) is 9.29. The number of amides is 1. The van der Waals surface area contributed by atoms with Crippen LogP contribution >= 0.6 is 0 Å². The Kier molecular flexibility index (Phi) is 6.38. The Morgan fingerprint density at radius 1 is 1.31 bits per heavy atom. The zero-order valence-electron chi connectivity index (χ0n) is 15.1. The number of rotatable bonds is 6. The van der Waals surface area contributed by atoms with E-state index in [0.29, 0.717) is 18.7 Å². The Balaban J connectivity index is 2.43. The molecule has 1 saturated heterocycles. The van der Waals surface area contributed by atoms with Crippen LogP contribution in [-0.2, 0) is 19.6 Å². The number of carboxylic acid groups (broad SMARTS) is 1. The van der Waals surface area contributed by atoms with E-state index >= 15 is 0 Å². The van der Waals surface area contributed by atoms with E-state index in [9.17, 15) is 23.1 Å². The number of benzene rings is 1. The van der Waals surface area contributed by atoms with Gasteiger partial charge in [-0.15, -0.1) is 0 Å². The fourth-order valence-corrected chi connectivity index (χ4v) is 4.64. The van der Waals surface area contributed by atoms with Gasteiger partial charge in [-0.2, -0.15) is 4.31 Å². The predicted octanol–water partition coefficient (Wildman–Crippen LogP) is 0.951. The molecule has 144 valence electrons. The van der Waals surface area contributed by atoms with Crippen LogP contribution < -0.4 is 0 Å². The van der Waals surface area contributed by atoms with E-state index in [-0.39, 0.29) is 30.2 Å². The molecule has 8 nitrogen and oxygen atoms in total. The number of carboxylic acids is 1. The Morgan fingerprint density at radius 3 is 2.54 bits per heavy atom. The van der Waals surface area contributed by atoms with Crippen molar-refractivity contribution in [3.63, 3.8) is 0 Å². The smallest absolute Gasteiger partial charge is 0.328 e. The summed E-state index contributed by atoms with van der Waals surface area (Å²) in [4.78, 5) is 25.5. The number of ether oxygens (including phenoxy) is 1. The maximum atomic E-state index is 12.8. The van der Waals surface area contributed by atoms with Gasteiger partial charge in [-0.1, -0.05) is 19.9 Å². The van der Waals surface area contributed by atoms with E-state index in [1.165, 1.54) is 21.3 Å². The van der Waals surface area contributed by atoms with Crippen LogP contribution in [0.5, 0.6) is 0 Å². The number of morpholine rings is 1. The average Bonchev–Trinajstić information content (AvgIpc) is 2.62. The third kappa shape index (κ3) is 3.89. The van der Waals surface area contributed by atoms with Crippen molar-refractivity contribution in [3.8, 4) is 0 Å². The van der Waals surface area contributed by atoms with E-state index < -0.39 is 27.9 Å². The van der Waals surface area contributed by atoms with Crippen molar-refractivity contribution >= 4 is 21.9 Å². The molecule has 1 heterocycles. The van der Waals surface area contributed by atoms with Crippen LogP contribution in [0.2, 0.25) is 0 Å². The molecule has 1 N–H and O–H groups in total. The molecule has 1 atom stereocenters. The molecule has 1 aliphatic rings.